The van der Waals surface area contributed by atoms with Crippen LogP contribution in [0, 0.1) is 56.7 Å². The fourth-order valence-electron chi connectivity index (χ4n) is 10.4. The molecule has 76 heavy (non-hydrogen) atoms. The molecular formula is C66H34F3N7. The number of halogens is 3. The van der Waals surface area contributed by atoms with Crippen LogP contribution in [0.15, 0.2) is 206 Å². The van der Waals surface area contributed by atoms with Crippen molar-refractivity contribution in [2.45, 2.75) is 6.18 Å². The van der Waals surface area contributed by atoms with Crippen molar-refractivity contribution in [1.82, 2.24) is 9.13 Å². The van der Waals surface area contributed by atoms with Gasteiger partial charge in [0.2, 0.25) is 0 Å². The molecule has 12 rings (SSSR count). The molecule has 0 aliphatic rings. The molecule has 0 fully saturated rings. The Kier molecular flexibility index (Phi) is 11.1. The second-order valence-electron chi connectivity index (χ2n) is 18.4. The maximum absolute atomic E-state index is 14.9. The first-order valence-electron chi connectivity index (χ1n) is 24.0. The van der Waals surface area contributed by atoms with E-state index in [0.29, 0.717) is 39.2 Å². The molecule has 10 aromatic carbocycles. The number of nitriles is 5. The summed E-state index contributed by atoms with van der Waals surface area (Å²) in [5, 5.41) is 52.7. The van der Waals surface area contributed by atoms with Gasteiger partial charge in [0, 0.05) is 27.1 Å². The van der Waals surface area contributed by atoms with Crippen LogP contribution in [0.5, 0.6) is 0 Å². The van der Waals surface area contributed by atoms with Crippen LogP contribution < -0.4 is 0 Å². The number of alkyl halides is 3. The van der Waals surface area contributed by atoms with Gasteiger partial charge in [-0.15, -0.1) is 0 Å². The predicted octanol–water partition coefficient (Wildman–Crippen LogP) is 16.6. The maximum atomic E-state index is 14.9. The van der Waals surface area contributed by atoms with Crippen molar-refractivity contribution in [3.8, 4) is 97.4 Å². The first-order valence-corrected chi connectivity index (χ1v) is 24.0. The fourth-order valence-corrected chi connectivity index (χ4v) is 10.4. The summed E-state index contributed by atoms with van der Waals surface area (Å²) in [6.07, 6.45) is -4.68. The summed E-state index contributed by atoms with van der Waals surface area (Å²) in [4.78, 5) is 0. The molecule has 0 saturated carbocycles. The topological polar surface area (TPSA) is 129 Å². The van der Waals surface area contributed by atoms with Crippen LogP contribution in [-0.2, 0) is 6.18 Å². The number of nitrogens with zero attached hydrogens (tertiary/aromatic N) is 7. The molecule has 0 N–H and O–H groups in total. The molecule has 7 nitrogen and oxygen atoms in total. The Morgan fingerprint density at radius 3 is 0.855 bits per heavy atom. The van der Waals surface area contributed by atoms with Gasteiger partial charge >= 0.3 is 6.18 Å². The van der Waals surface area contributed by atoms with Crippen molar-refractivity contribution in [3.63, 3.8) is 0 Å². The largest absolute Gasteiger partial charge is 0.416 e. The smallest absolute Gasteiger partial charge is 0.308 e. The van der Waals surface area contributed by atoms with Crippen LogP contribution in [0.4, 0.5) is 13.2 Å². The third-order valence-corrected chi connectivity index (χ3v) is 14.1. The lowest BCUT2D eigenvalue weighted by Crippen LogP contribution is -2.07. The molecule has 0 atom stereocenters. The third kappa shape index (κ3) is 7.92. The average Bonchev–Trinajstić information content (AvgIpc) is 3.98. The second-order valence-corrected chi connectivity index (χ2v) is 18.4. The predicted molar refractivity (Wildman–Crippen MR) is 291 cm³/mol. The Morgan fingerprint density at radius 2 is 0.579 bits per heavy atom. The van der Waals surface area contributed by atoms with Crippen LogP contribution in [0.25, 0.3) is 111 Å². The van der Waals surface area contributed by atoms with Crippen molar-refractivity contribution < 1.29 is 13.2 Å². The van der Waals surface area contributed by atoms with E-state index in [2.05, 4.69) is 54.6 Å². The van der Waals surface area contributed by atoms with Crippen molar-refractivity contribution in [2.75, 3.05) is 0 Å². The van der Waals surface area contributed by atoms with Gasteiger partial charge in [0.05, 0.1) is 97.2 Å². The molecular weight excluding hydrogens is 948 g/mol. The summed E-state index contributed by atoms with van der Waals surface area (Å²) in [7, 11) is 0. The minimum absolute atomic E-state index is 0.262. The molecule has 0 aliphatic heterocycles. The molecule has 0 amide bonds. The van der Waals surface area contributed by atoms with Gasteiger partial charge in [-0.1, -0.05) is 84.9 Å². The number of hydrogen-bond donors (Lipinski definition) is 0. The summed E-state index contributed by atoms with van der Waals surface area (Å²) in [6.45, 7) is 0. The molecule has 354 valence electrons. The molecule has 0 bridgehead atoms. The lowest BCUT2D eigenvalue weighted by Gasteiger charge is -2.21. The third-order valence-electron chi connectivity index (χ3n) is 14.1. The van der Waals surface area contributed by atoms with E-state index in [-0.39, 0.29) is 11.1 Å². The number of aromatic nitrogens is 2. The highest BCUT2D eigenvalue weighted by Gasteiger charge is 2.32. The van der Waals surface area contributed by atoms with E-state index < -0.39 is 11.7 Å². The molecule has 2 heterocycles. The summed E-state index contributed by atoms with van der Waals surface area (Å²) < 4.78 is 48.9. The highest BCUT2D eigenvalue weighted by Crippen LogP contribution is 2.46. The van der Waals surface area contributed by atoms with Crippen LogP contribution >= 0.6 is 0 Å². The van der Waals surface area contributed by atoms with E-state index in [9.17, 15) is 39.5 Å². The van der Waals surface area contributed by atoms with Crippen LogP contribution in [0.3, 0.4) is 0 Å². The first kappa shape index (κ1) is 46.1. The van der Waals surface area contributed by atoms with Gasteiger partial charge in [0.1, 0.15) is 0 Å². The molecule has 10 heteroatoms. The van der Waals surface area contributed by atoms with Crippen molar-refractivity contribution >= 4 is 43.6 Å². The van der Waals surface area contributed by atoms with Gasteiger partial charge in [-0.2, -0.15) is 39.5 Å². The van der Waals surface area contributed by atoms with Gasteiger partial charge in [-0.3, -0.25) is 0 Å². The van der Waals surface area contributed by atoms with E-state index in [0.717, 1.165) is 100 Å². The fraction of sp³-hybridized carbons (Fsp3) is 0.0152. The Labute approximate surface area is 433 Å². The SMILES string of the molecule is N#Cc1ccc(-c2ccc3c(c2)c2cc(-c4ccc(C#N)cc4)ccc2n3-c2cc(C#N)cc(-n3c4ccc(-c5ccc(C#N)cc5)cc4c4cc(-c5ccc(C#N)cc5)ccc43)c2-c2cccc(C(F)(F)F)c2)cc1. The second kappa shape index (κ2) is 18.3. The number of hydrogen-bond acceptors (Lipinski definition) is 5. The Hall–Kier alpha value is -11.0. The van der Waals surface area contributed by atoms with Gasteiger partial charge in [0.15, 0.2) is 0 Å². The molecule has 0 saturated heterocycles. The van der Waals surface area contributed by atoms with Crippen molar-refractivity contribution in [3.05, 3.63) is 240 Å². The van der Waals surface area contributed by atoms with E-state index in [1.54, 1.807) is 66.7 Å². The highest BCUT2D eigenvalue weighted by atomic mass is 19.4. The Balaban J connectivity index is 1.19. The van der Waals surface area contributed by atoms with Crippen LogP contribution in [0.2, 0.25) is 0 Å². The average molecular weight is 982 g/mol. The molecule has 0 aliphatic carbocycles. The summed E-state index contributed by atoms with van der Waals surface area (Å²) in [5.41, 5.74) is 13.0. The van der Waals surface area contributed by atoms with Crippen molar-refractivity contribution in [2.24, 2.45) is 0 Å². The van der Waals surface area contributed by atoms with Crippen LogP contribution in [0.1, 0.15) is 33.4 Å². The number of rotatable bonds is 7. The minimum atomic E-state index is -4.68. The zero-order valence-electron chi connectivity index (χ0n) is 39.9. The molecule has 0 spiro atoms. The lowest BCUT2D eigenvalue weighted by atomic mass is 9.96. The zero-order chi connectivity index (χ0) is 52.2. The van der Waals surface area contributed by atoms with Gasteiger partial charge < -0.3 is 9.13 Å². The zero-order valence-corrected chi connectivity index (χ0v) is 39.9. The minimum Gasteiger partial charge on any atom is -0.308 e. The molecule has 2 aromatic heterocycles. The molecule has 0 radical (unpaired) electrons. The van der Waals surface area contributed by atoms with Gasteiger partial charge in [0.25, 0.3) is 0 Å². The lowest BCUT2D eigenvalue weighted by molar-refractivity contribution is -0.137. The van der Waals surface area contributed by atoms with E-state index in [1.165, 1.54) is 6.07 Å². The first-order chi connectivity index (χ1) is 37.0. The number of benzene rings is 10. The standard InChI is InChI=1S/C66H34F3N7/c67-66(68,69)54-3-1-2-53(30-54)65-63(75-59-24-20-49(45-12-4-40(35-70)5-13-45)31-55(59)56-32-50(21-25-60(56)75)46-14-6-41(36-71)7-15-46)28-44(39-74)29-64(65)76-61-26-22-51(47-16-8-42(37-72)9-17-47)33-57(61)58-34-52(23-27-62(58)76)48-18-10-43(38-73)11-19-48/h1-34H. The quantitative estimate of drug-likeness (QED) is 0.157. The van der Waals surface area contributed by atoms with E-state index in [1.807, 2.05) is 106 Å². The Bertz CT molecular complexity index is 4100. The van der Waals surface area contributed by atoms with Gasteiger partial charge in [-0.25, -0.2) is 0 Å². The summed E-state index contributed by atoms with van der Waals surface area (Å²) >= 11 is 0. The van der Waals surface area contributed by atoms with Crippen LogP contribution in [-0.4, -0.2) is 9.13 Å². The Morgan fingerprint density at radius 1 is 0.289 bits per heavy atom. The van der Waals surface area contributed by atoms with Gasteiger partial charge in [-0.05, 0) is 171 Å². The highest BCUT2D eigenvalue weighted by molar-refractivity contribution is 6.14. The summed E-state index contributed by atoms with van der Waals surface area (Å²) in [5.74, 6) is 0. The van der Waals surface area contributed by atoms with Crippen molar-refractivity contribution in [1.29, 1.82) is 26.3 Å². The monoisotopic (exact) mass is 981 g/mol. The normalized spacial score (nSPS) is 11.3. The molecule has 12 aromatic rings. The van der Waals surface area contributed by atoms with E-state index in [4.69, 9.17) is 0 Å². The summed E-state index contributed by atoms with van der Waals surface area (Å²) in [6, 6.07) is 73.2. The maximum Gasteiger partial charge on any atom is 0.416 e. The molecule has 0 unspecified atom stereocenters. The van der Waals surface area contributed by atoms with E-state index >= 15 is 0 Å². The number of fused-ring (bicyclic) bond motifs is 6.